The number of nitrogens with one attached hydrogen (secondary N) is 3. The summed E-state index contributed by atoms with van der Waals surface area (Å²) in [4.78, 5) is 24.0. The molecule has 170 valence electrons. The molecular formula is C19H26F2N6O4. The molecule has 0 aliphatic heterocycles. The second-order valence-electron chi connectivity index (χ2n) is 7.81. The first-order valence-corrected chi connectivity index (χ1v) is 9.94. The fourth-order valence-corrected chi connectivity index (χ4v) is 3.34. The summed E-state index contributed by atoms with van der Waals surface area (Å²) in [7, 11) is 1.54. The van der Waals surface area contributed by atoms with Crippen molar-refractivity contribution < 1.29 is 27.8 Å². The standard InChI is InChI=1S/C19H26F2N6O4/c1-10(2)22-19(29)31-8-11-4-12(5-11)14-7-16(25-24-14)23-17(28)15-6-13(26-27(15)3)9-30-18(20)21/h6-7,10-12,18H,4-5,8-9H2,1-3H3,(H,22,29)(H2,23,24,25,28). The first-order valence-electron chi connectivity index (χ1n) is 9.94. The van der Waals surface area contributed by atoms with Gasteiger partial charge < -0.3 is 20.1 Å². The van der Waals surface area contributed by atoms with Crippen LogP contribution in [0.25, 0.3) is 0 Å². The summed E-state index contributed by atoms with van der Waals surface area (Å²) in [5, 5.41) is 16.3. The number of halogens is 2. The van der Waals surface area contributed by atoms with E-state index in [1.165, 1.54) is 17.8 Å². The van der Waals surface area contributed by atoms with Crippen molar-refractivity contribution in [3.8, 4) is 0 Å². The Morgan fingerprint density at radius 2 is 2.06 bits per heavy atom. The number of H-pyrrole nitrogens is 1. The minimum Gasteiger partial charge on any atom is -0.449 e. The van der Waals surface area contributed by atoms with Gasteiger partial charge in [0.2, 0.25) is 0 Å². The number of ether oxygens (including phenoxy) is 2. The predicted octanol–water partition coefficient (Wildman–Crippen LogP) is 2.76. The highest BCUT2D eigenvalue weighted by atomic mass is 19.3. The maximum Gasteiger partial charge on any atom is 0.407 e. The third-order valence-corrected chi connectivity index (χ3v) is 4.89. The molecule has 0 unspecified atom stereocenters. The van der Waals surface area contributed by atoms with Gasteiger partial charge in [-0.05, 0) is 38.7 Å². The number of hydrogen-bond donors (Lipinski definition) is 3. The highest BCUT2D eigenvalue weighted by Gasteiger charge is 2.32. The van der Waals surface area contributed by atoms with E-state index in [-0.39, 0.29) is 29.3 Å². The van der Waals surface area contributed by atoms with Gasteiger partial charge in [-0.3, -0.25) is 14.6 Å². The number of rotatable bonds is 9. The normalized spacial score (nSPS) is 18.2. The van der Waals surface area contributed by atoms with Gasteiger partial charge in [-0.2, -0.15) is 19.0 Å². The molecule has 12 heteroatoms. The summed E-state index contributed by atoms with van der Waals surface area (Å²) in [5.74, 6) is 0.414. The number of aromatic amines is 1. The summed E-state index contributed by atoms with van der Waals surface area (Å²) in [5.41, 5.74) is 1.30. The Morgan fingerprint density at radius 1 is 1.32 bits per heavy atom. The number of alkyl halides is 2. The quantitative estimate of drug-likeness (QED) is 0.551. The van der Waals surface area contributed by atoms with Crippen LogP contribution < -0.4 is 10.6 Å². The van der Waals surface area contributed by atoms with Crippen LogP contribution in [0.1, 0.15) is 54.5 Å². The van der Waals surface area contributed by atoms with Crippen LogP contribution in [0.2, 0.25) is 0 Å². The molecule has 0 saturated heterocycles. The summed E-state index contributed by atoms with van der Waals surface area (Å²) in [6.45, 7) is 0.799. The zero-order valence-corrected chi connectivity index (χ0v) is 17.5. The Kier molecular flexibility index (Phi) is 7.21. The van der Waals surface area contributed by atoms with E-state index in [1.54, 1.807) is 6.07 Å². The minimum atomic E-state index is -2.91. The van der Waals surface area contributed by atoms with Crippen molar-refractivity contribution in [1.29, 1.82) is 0 Å². The molecule has 3 N–H and O–H groups in total. The molecule has 1 aliphatic carbocycles. The van der Waals surface area contributed by atoms with Gasteiger partial charge in [0.1, 0.15) is 5.69 Å². The highest BCUT2D eigenvalue weighted by Crippen LogP contribution is 2.41. The van der Waals surface area contributed by atoms with Crippen LogP contribution in [0.5, 0.6) is 0 Å². The zero-order chi connectivity index (χ0) is 22.5. The van der Waals surface area contributed by atoms with Gasteiger partial charge in [0, 0.05) is 30.8 Å². The predicted molar refractivity (Wildman–Crippen MR) is 106 cm³/mol. The van der Waals surface area contributed by atoms with Crippen molar-refractivity contribution in [2.45, 2.75) is 51.9 Å². The maximum absolute atomic E-state index is 12.5. The molecule has 10 nitrogen and oxygen atoms in total. The lowest BCUT2D eigenvalue weighted by Crippen LogP contribution is -2.34. The molecule has 0 aromatic carbocycles. The van der Waals surface area contributed by atoms with E-state index in [4.69, 9.17) is 4.74 Å². The van der Waals surface area contributed by atoms with E-state index in [0.29, 0.717) is 12.4 Å². The summed E-state index contributed by atoms with van der Waals surface area (Å²) < 4.78 is 35.0. The molecule has 0 radical (unpaired) electrons. The van der Waals surface area contributed by atoms with Crippen molar-refractivity contribution >= 4 is 17.8 Å². The molecule has 0 spiro atoms. The molecule has 2 aromatic heterocycles. The van der Waals surface area contributed by atoms with Gasteiger partial charge in [-0.1, -0.05) is 0 Å². The largest absolute Gasteiger partial charge is 0.449 e. The molecule has 0 atom stereocenters. The number of aryl methyl sites for hydroxylation is 1. The Balaban J connectivity index is 1.46. The van der Waals surface area contributed by atoms with Crippen LogP contribution in [0.15, 0.2) is 12.1 Å². The van der Waals surface area contributed by atoms with Crippen LogP contribution in [-0.2, 0) is 23.1 Å². The number of hydrogen-bond acceptors (Lipinski definition) is 6. The Hall–Kier alpha value is -3.02. The molecule has 2 heterocycles. The van der Waals surface area contributed by atoms with Crippen molar-refractivity contribution in [2.75, 3.05) is 11.9 Å². The van der Waals surface area contributed by atoms with Gasteiger partial charge >= 0.3 is 12.7 Å². The van der Waals surface area contributed by atoms with Crippen LogP contribution in [-0.4, -0.2) is 51.2 Å². The SMILES string of the molecule is CC(C)NC(=O)OCC1CC(c2cc(NC(=O)c3cc(COC(F)F)nn3C)n[nH]2)C1. The average Bonchev–Trinajstić information content (AvgIpc) is 3.24. The van der Waals surface area contributed by atoms with Gasteiger partial charge in [-0.15, -0.1) is 0 Å². The second-order valence-corrected chi connectivity index (χ2v) is 7.81. The van der Waals surface area contributed by atoms with Crippen LogP contribution in [0, 0.1) is 5.92 Å². The topological polar surface area (TPSA) is 123 Å². The number of amides is 2. The molecule has 0 bridgehead atoms. The van der Waals surface area contributed by atoms with Crippen molar-refractivity contribution in [2.24, 2.45) is 13.0 Å². The van der Waals surface area contributed by atoms with Crippen molar-refractivity contribution in [1.82, 2.24) is 25.3 Å². The monoisotopic (exact) mass is 440 g/mol. The maximum atomic E-state index is 12.5. The summed E-state index contributed by atoms with van der Waals surface area (Å²) >= 11 is 0. The molecular weight excluding hydrogens is 414 g/mol. The Labute approximate surface area is 177 Å². The number of carbonyl (C=O) groups is 2. The van der Waals surface area contributed by atoms with Gasteiger partial charge in [0.15, 0.2) is 5.82 Å². The van der Waals surface area contributed by atoms with E-state index in [0.717, 1.165) is 18.5 Å². The number of anilines is 1. The third-order valence-electron chi connectivity index (χ3n) is 4.89. The zero-order valence-electron chi connectivity index (χ0n) is 17.5. The molecule has 2 aromatic rings. The van der Waals surface area contributed by atoms with E-state index >= 15 is 0 Å². The van der Waals surface area contributed by atoms with Gasteiger partial charge in [0.05, 0.1) is 18.9 Å². The van der Waals surface area contributed by atoms with Crippen molar-refractivity contribution in [3.63, 3.8) is 0 Å². The number of aromatic nitrogens is 4. The molecule has 1 saturated carbocycles. The fourth-order valence-electron chi connectivity index (χ4n) is 3.34. The Morgan fingerprint density at radius 3 is 2.74 bits per heavy atom. The average molecular weight is 440 g/mol. The highest BCUT2D eigenvalue weighted by molar-refractivity contribution is 6.02. The van der Waals surface area contributed by atoms with Crippen LogP contribution in [0.3, 0.4) is 0 Å². The van der Waals surface area contributed by atoms with E-state index in [9.17, 15) is 18.4 Å². The summed E-state index contributed by atoms with van der Waals surface area (Å²) in [6.07, 6.45) is 1.28. The van der Waals surface area contributed by atoms with E-state index in [1.807, 2.05) is 13.8 Å². The minimum absolute atomic E-state index is 0.0316. The summed E-state index contributed by atoms with van der Waals surface area (Å²) in [6, 6.07) is 3.17. The molecule has 31 heavy (non-hydrogen) atoms. The fraction of sp³-hybridized carbons (Fsp3) is 0.579. The van der Waals surface area contributed by atoms with Gasteiger partial charge in [-0.25, -0.2) is 4.79 Å². The van der Waals surface area contributed by atoms with Crippen molar-refractivity contribution in [3.05, 3.63) is 29.2 Å². The molecule has 3 rings (SSSR count). The number of alkyl carbamates (subject to hydrolysis) is 1. The smallest absolute Gasteiger partial charge is 0.407 e. The van der Waals surface area contributed by atoms with Crippen LogP contribution >= 0.6 is 0 Å². The lowest BCUT2D eigenvalue weighted by molar-refractivity contribution is -0.138. The number of nitrogens with zero attached hydrogens (tertiary/aromatic N) is 3. The number of carbonyl (C=O) groups excluding carboxylic acids is 2. The first-order chi connectivity index (χ1) is 14.7. The second kappa shape index (κ2) is 9.86. The molecule has 1 aliphatic rings. The molecule has 2 amide bonds. The Bertz CT molecular complexity index is 907. The van der Waals surface area contributed by atoms with Crippen LogP contribution in [0.4, 0.5) is 19.4 Å². The van der Waals surface area contributed by atoms with E-state index < -0.39 is 25.2 Å². The van der Waals surface area contributed by atoms with E-state index in [2.05, 4.69) is 30.7 Å². The first kappa shape index (κ1) is 22.7. The van der Waals surface area contributed by atoms with Gasteiger partial charge in [0.25, 0.3) is 5.91 Å². The third kappa shape index (κ3) is 6.23. The lowest BCUT2D eigenvalue weighted by Gasteiger charge is -2.34. The molecule has 1 fully saturated rings. The lowest BCUT2D eigenvalue weighted by atomic mass is 9.74.